The second-order valence-electron chi connectivity index (χ2n) is 7.67. The van der Waals surface area contributed by atoms with Crippen molar-refractivity contribution < 1.29 is 9.13 Å². The monoisotopic (exact) mass is 423 g/mol. The Hall–Kier alpha value is -3.11. The van der Waals surface area contributed by atoms with E-state index in [2.05, 4.69) is 28.5 Å². The second-order valence-corrected chi connectivity index (χ2v) is 7.67. The van der Waals surface area contributed by atoms with Gasteiger partial charge in [-0.3, -0.25) is 4.90 Å². The van der Waals surface area contributed by atoms with Crippen molar-refractivity contribution in [2.75, 3.05) is 26.7 Å². The fraction of sp³-hybridized carbons (Fsp3) is 0.417. The summed E-state index contributed by atoms with van der Waals surface area (Å²) in [7, 11) is 1.48. The first-order chi connectivity index (χ1) is 15.1. The van der Waals surface area contributed by atoms with Crippen LogP contribution in [-0.2, 0) is 13.1 Å². The summed E-state index contributed by atoms with van der Waals surface area (Å²) in [5.41, 5.74) is 2.68. The van der Waals surface area contributed by atoms with Crippen LogP contribution in [-0.4, -0.2) is 43.6 Å². The van der Waals surface area contributed by atoms with Crippen LogP contribution in [0, 0.1) is 17.1 Å². The fourth-order valence-corrected chi connectivity index (χ4v) is 3.67. The molecule has 1 saturated heterocycles. The molecule has 0 saturated carbocycles. The molecule has 0 spiro atoms. The number of ether oxygens (including phenoxy) is 1. The van der Waals surface area contributed by atoms with Gasteiger partial charge in [0, 0.05) is 32.2 Å². The van der Waals surface area contributed by atoms with Gasteiger partial charge in [-0.2, -0.15) is 5.26 Å². The number of nitrogens with one attached hydrogen (secondary N) is 2. The smallest absolute Gasteiger partial charge is 0.191 e. The Morgan fingerprint density at radius 3 is 2.52 bits per heavy atom. The minimum Gasteiger partial charge on any atom is -0.494 e. The van der Waals surface area contributed by atoms with Crippen molar-refractivity contribution in [3.8, 4) is 11.8 Å². The zero-order valence-corrected chi connectivity index (χ0v) is 18.2. The van der Waals surface area contributed by atoms with E-state index in [-0.39, 0.29) is 11.6 Å². The molecule has 3 rings (SSSR count). The Labute approximate surface area is 183 Å². The van der Waals surface area contributed by atoms with Gasteiger partial charge in [-0.25, -0.2) is 9.38 Å². The molecule has 0 radical (unpaired) electrons. The number of hydrogen-bond acceptors (Lipinski definition) is 4. The number of piperidine rings is 1. The first-order valence-electron chi connectivity index (χ1n) is 10.7. The van der Waals surface area contributed by atoms with Crippen molar-refractivity contribution in [3.05, 3.63) is 65.0 Å². The maximum atomic E-state index is 13.9. The zero-order chi connectivity index (χ0) is 22.1. The highest BCUT2D eigenvalue weighted by atomic mass is 19.1. The highest BCUT2D eigenvalue weighted by Crippen LogP contribution is 2.20. The van der Waals surface area contributed by atoms with Gasteiger partial charge in [0.15, 0.2) is 17.5 Å². The van der Waals surface area contributed by atoms with Crippen LogP contribution in [0.4, 0.5) is 4.39 Å². The first kappa shape index (κ1) is 22.6. The summed E-state index contributed by atoms with van der Waals surface area (Å²) in [5, 5.41) is 15.8. The number of nitriles is 1. The summed E-state index contributed by atoms with van der Waals surface area (Å²) >= 11 is 0. The third kappa shape index (κ3) is 6.69. The quantitative estimate of drug-likeness (QED) is 0.527. The van der Waals surface area contributed by atoms with E-state index in [0.29, 0.717) is 18.2 Å². The molecule has 7 heteroatoms. The predicted molar refractivity (Wildman–Crippen MR) is 120 cm³/mol. The molecule has 0 unspecified atom stereocenters. The van der Waals surface area contributed by atoms with E-state index >= 15 is 0 Å². The molecule has 1 heterocycles. The summed E-state index contributed by atoms with van der Waals surface area (Å²) in [6.45, 7) is 6.03. The van der Waals surface area contributed by atoms with Crippen LogP contribution >= 0.6 is 0 Å². The van der Waals surface area contributed by atoms with E-state index in [1.54, 1.807) is 12.1 Å². The minimum absolute atomic E-state index is 0.280. The van der Waals surface area contributed by atoms with Crippen LogP contribution in [0.25, 0.3) is 0 Å². The van der Waals surface area contributed by atoms with Gasteiger partial charge in [0.2, 0.25) is 0 Å². The van der Waals surface area contributed by atoms with Crippen molar-refractivity contribution in [2.24, 2.45) is 4.99 Å². The Balaban J connectivity index is 1.50. The molecule has 1 aliphatic heterocycles. The van der Waals surface area contributed by atoms with Crippen LogP contribution in [0.2, 0.25) is 0 Å². The van der Waals surface area contributed by atoms with Crippen molar-refractivity contribution in [3.63, 3.8) is 0 Å². The summed E-state index contributed by atoms with van der Waals surface area (Å²) in [4.78, 5) is 7.04. The summed E-state index contributed by atoms with van der Waals surface area (Å²) < 4.78 is 18.9. The highest BCUT2D eigenvalue weighted by Gasteiger charge is 2.20. The normalized spacial score (nSPS) is 15.4. The molecule has 0 aromatic heterocycles. The van der Waals surface area contributed by atoms with Crippen LogP contribution in [0.5, 0.6) is 5.75 Å². The van der Waals surface area contributed by atoms with Gasteiger partial charge in [0.1, 0.15) is 0 Å². The molecule has 31 heavy (non-hydrogen) atoms. The average Bonchev–Trinajstić information content (AvgIpc) is 2.79. The Morgan fingerprint density at radius 2 is 1.90 bits per heavy atom. The largest absolute Gasteiger partial charge is 0.494 e. The summed E-state index contributed by atoms with van der Waals surface area (Å²) in [6.07, 6.45) is 2.00. The molecule has 2 N–H and O–H groups in total. The lowest BCUT2D eigenvalue weighted by molar-refractivity contribution is 0.198. The van der Waals surface area contributed by atoms with Crippen LogP contribution in [0.1, 0.15) is 36.5 Å². The zero-order valence-electron chi connectivity index (χ0n) is 18.2. The van der Waals surface area contributed by atoms with Crippen LogP contribution in [0.3, 0.4) is 0 Å². The number of nitrogens with zero attached hydrogens (tertiary/aromatic N) is 3. The van der Waals surface area contributed by atoms with E-state index in [1.807, 2.05) is 30.3 Å². The van der Waals surface area contributed by atoms with Gasteiger partial charge < -0.3 is 15.4 Å². The van der Waals surface area contributed by atoms with Gasteiger partial charge in [-0.05, 0) is 55.2 Å². The number of guanidine groups is 1. The van der Waals surface area contributed by atoms with Gasteiger partial charge in [-0.15, -0.1) is 0 Å². The Kier molecular flexibility index (Phi) is 8.25. The Bertz CT molecular complexity index is 915. The predicted octanol–water partition coefficient (Wildman–Crippen LogP) is 3.43. The Morgan fingerprint density at radius 1 is 1.19 bits per heavy atom. The maximum Gasteiger partial charge on any atom is 0.191 e. The van der Waals surface area contributed by atoms with Crippen molar-refractivity contribution in [1.82, 2.24) is 15.5 Å². The number of aliphatic imine (C=N–C) groups is 1. The first-order valence-corrected chi connectivity index (χ1v) is 10.7. The molecule has 1 aliphatic rings. The lowest BCUT2D eigenvalue weighted by Crippen LogP contribution is -2.48. The van der Waals surface area contributed by atoms with E-state index in [1.165, 1.54) is 7.11 Å². The summed E-state index contributed by atoms with van der Waals surface area (Å²) in [6, 6.07) is 15.2. The van der Waals surface area contributed by atoms with Crippen molar-refractivity contribution in [2.45, 2.75) is 38.9 Å². The molecule has 6 nitrogen and oxygen atoms in total. The van der Waals surface area contributed by atoms with Gasteiger partial charge in [0.25, 0.3) is 0 Å². The van der Waals surface area contributed by atoms with Crippen LogP contribution < -0.4 is 15.4 Å². The number of hydrogen-bond donors (Lipinski definition) is 2. The third-order valence-electron chi connectivity index (χ3n) is 5.40. The van der Waals surface area contributed by atoms with Gasteiger partial charge in [0.05, 0.1) is 25.3 Å². The van der Waals surface area contributed by atoms with Crippen molar-refractivity contribution >= 4 is 5.96 Å². The lowest BCUT2D eigenvalue weighted by Gasteiger charge is -2.33. The molecule has 0 bridgehead atoms. The molecule has 0 amide bonds. The molecule has 0 atom stereocenters. The molecule has 2 aromatic rings. The molecule has 1 fully saturated rings. The average molecular weight is 424 g/mol. The molecule has 0 aliphatic carbocycles. The van der Waals surface area contributed by atoms with E-state index in [4.69, 9.17) is 15.0 Å². The van der Waals surface area contributed by atoms with Gasteiger partial charge >= 0.3 is 0 Å². The molecular weight excluding hydrogens is 393 g/mol. The van der Waals surface area contributed by atoms with Crippen molar-refractivity contribution in [1.29, 1.82) is 5.26 Å². The standard InChI is InChI=1S/C24H30FN5O/c1-3-27-24(28-16-19-6-4-18(15-26)5-7-19)29-21-10-12-30(13-11-21)17-20-8-9-23(31-2)22(25)14-20/h4-9,14,21H,3,10-13,16-17H2,1-2H3,(H2,27,28,29). The van der Waals surface area contributed by atoms with E-state index in [0.717, 1.165) is 56.1 Å². The highest BCUT2D eigenvalue weighted by molar-refractivity contribution is 5.80. The third-order valence-corrected chi connectivity index (χ3v) is 5.40. The van der Waals surface area contributed by atoms with Crippen LogP contribution in [0.15, 0.2) is 47.5 Å². The number of halogens is 1. The minimum atomic E-state index is -0.315. The van der Waals surface area contributed by atoms with Gasteiger partial charge in [-0.1, -0.05) is 18.2 Å². The molecular formula is C24H30FN5O. The number of benzene rings is 2. The summed E-state index contributed by atoms with van der Waals surface area (Å²) in [5.74, 6) is 0.774. The second kappa shape index (κ2) is 11.3. The maximum absolute atomic E-state index is 13.9. The lowest BCUT2D eigenvalue weighted by atomic mass is 10.0. The number of rotatable bonds is 7. The SMILES string of the molecule is CCNC(=NCc1ccc(C#N)cc1)NC1CCN(Cc2ccc(OC)c(F)c2)CC1. The topological polar surface area (TPSA) is 72.7 Å². The number of likely N-dealkylation sites (tertiary alicyclic amines) is 1. The van der Waals surface area contributed by atoms with E-state index in [9.17, 15) is 4.39 Å². The molecule has 164 valence electrons. The molecule has 2 aromatic carbocycles. The van der Waals surface area contributed by atoms with E-state index < -0.39 is 0 Å². The fourth-order valence-electron chi connectivity index (χ4n) is 3.67. The number of methoxy groups -OCH3 is 1.